The number of fused-ring (bicyclic) bond motifs is 2. The second-order valence-electron chi connectivity index (χ2n) is 8.37. The Morgan fingerprint density at radius 3 is 2.38 bits per heavy atom. The number of benzene rings is 2. The Morgan fingerprint density at radius 2 is 1.68 bits per heavy atom. The third kappa shape index (κ3) is 4.77. The summed E-state index contributed by atoms with van der Waals surface area (Å²) in [5, 5.41) is 35.1. The van der Waals surface area contributed by atoms with Gasteiger partial charge in [0.25, 0.3) is 0 Å². The largest absolute Gasteiger partial charge is 0.507 e. The first-order valence-corrected chi connectivity index (χ1v) is 11.8. The van der Waals surface area contributed by atoms with E-state index >= 15 is 0 Å². The number of hydrogen-bond donors (Lipinski definition) is 3. The maximum Gasteiger partial charge on any atom is 0.198 e. The molecule has 1 aliphatic rings. The fourth-order valence-electron chi connectivity index (χ4n) is 4.11. The third-order valence-corrected chi connectivity index (χ3v) is 5.95. The fraction of sp³-hybridized carbons (Fsp3) is 0.259. The van der Waals surface area contributed by atoms with Crippen molar-refractivity contribution in [2.45, 2.75) is 20.3 Å². The molecule has 1 aliphatic carbocycles. The molecule has 0 aliphatic heterocycles. The van der Waals surface area contributed by atoms with Gasteiger partial charge >= 0.3 is 0 Å². The van der Waals surface area contributed by atoms with Crippen molar-refractivity contribution < 1.29 is 19.4 Å². The number of carbonyl (C=O) groups excluding carboxylic acids is 2. The molecule has 2 aromatic carbocycles. The molecule has 0 amide bonds. The normalized spacial score (nSPS) is 12.3. The number of phenols is 1. The Balaban J connectivity index is 1.81. The number of nitrogens with zero attached hydrogens (tertiary/aromatic N) is 4. The highest BCUT2D eigenvalue weighted by atomic mass is 16.5. The summed E-state index contributed by atoms with van der Waals surface area (Å²) in [7, 11) is 1.59. The topological polar surface area (TPSA) is 149 Å². The van der Waals surface area contributed by atoms with Crippen LogP contribution in [-0.4, -0.2) is 48.5 Å². The number of rotatable bonds is 9. The number of azo groups is 1. The van der Waals surface area contributed by atoms with Gasteiger partial charge in [0.1, 0.15) is 23.3 Å². The van der Waals surface area contributed by atoms with E-state index in [9.17, 15) is 20.0 Å². The lowest BCUT2D eigenvalue weighted by Gasteiger charge is -2.19. The first-order chi connectivity index (χ1) is 17.9. The van der Waals surface area contributed by atoms with Crippen LogP contribution in [0.2, 0.25) is 0 Å². The van der Waals surface area contributed by atoms with E-state index in [4.69, 9.17) is 4.74 Å². The molecular weight excluding hydrogens is 472 g/mol. The van der Waals surface area contributed by atoms with Crippen molar-refractivity contribution in [3.63, 3.8) is 0 Å². The van der Waals surface area contributed by atoms with Crippen molar-refractivity contribution in [2.24, 2.45) is 10.2 Å². The van der Waals surface area contributed by atoms with E-state index in [-0.39, 0.29) is 33.7 Å². The quantitative estimate of drug-likeness (QED) is 0.215. The summed E-state index contributed by atoms with van der Waals surface area (Å²) >= 11 is 0. The van der Waals surface area contributed by atoms with E-state index in [2.05, 4.69) is 31.9 Å². The summed E-state index contributed by atoms with van der Waals surface area (Å²) in [6.45, 7) is 5.27. The maximum absolute atomic E-state index is 13.3. The number of pyridine rings is 1. The Hall–Kier alpha value is -4.62. The van der Waals surface area contributed by atoms with E-state index < -0.39 is 11.6 Å². The van der Waals surface area contributed by atoms with E-state index in [1.165, 1.54) is 24.3 Å². The standard InChI is InChI=1S/C27H26N6O4/c1-4-11-29-26-18(14-28)15(2)23(27(31-26)30-12-13-37-3)33-32-19-9-5-7-16-21(19)24(35)17-8-6-10-20(34)22(17)25(16)36/h5-10,34H,4,11-13H2,1-3H3,(H2,29,30,31). The Morgan fingerprint density at radius 1 is 1.00 bits per heavy atom. The zero-order chi connectivity index (χ0) is 26.5. The highest BCUT2D eigenvalue weighted by molar-refractivity contribution is 6.30. The first kappa shape index (κ1) is 25.5. The lowest BCUT2D eigenvalue weighted by Crippen LogP contribution is -2.21. The van der Waals surface area contributed by atoms with E-state index in [1.807, 2.05) is 6.92 Å². The summed E-state index contributed by atoms with van der Waals surface area (Å²) in [5.74, 6) is -0.297. The number of nitriles is 1. The molecule has 0 radical (unpaired) electrons. The van der Waals surface area contributed by atoms with Crippen LogP contribution in [0.25, 0.3) is 0 Å². The number of carbonyl (C=O) groups is 2. The van der Waals surface area contributed by atoms with Crippen molar-refractivity contribution in [3.05, 3.63) is 69.8 Å². The Bertz CT molecular complexity index is 1460. The predicted molar refractivity (Wildman–Crippen MR) is 138 cm³/mol. The SMILES string of the molecule is CCCNc1nc(NCCOC)c(N=Nc2cccc3c2C(=O)c2cccc(O)c2C3=O)c(C)c1C#N. The number of ether oxygens (including phenoxy) is 1. The maximum atomic E-state index is 13.3. The second kappa shape index (κ2) is 11.0. The third-order valence-electron chi connectivity index (χ3n) is 5.95. The fourth-order valence-corrected chi connectivity index (χ4v) is 4.11. The molecule has 0 fully saturated rings. The van der Waals surface area contributed by atoms with Crippen LogP contribution in [0.4, 0.5) is 23.0 Å². The summed E-state index contributed by atoms with van der Waals surface area (Å²) in [6, 6.07) is 11.3. The smallest absolute Gasteiger partial charge is 0.198 e. The number of aromatic nitrogens is 1. The van der Waals surface area contributed by atoms with Gasteiger partial charge in [-0.1, -0.05) is 31.2 Å². The van der Waals surface area contributed by atoms with Crippen molar-refractivity contribution >= 4 is 34.6 Å². The summed E-state index contributed by atoms with van der Waals surface area (Å²) in [4.78, 5) is 31.0. The van der Waals surface area contributed by atoms with Gasteiger partial charge in [-0.25, -0.2) is 4.98 Å². The summed E-state index contributed by atoms with van der Waals surface area (Å²) in [6.07, 6.45) is 0.853. The number of methoxy groups -OCH3 is 1. The highest BCUT2D eigenvalue weighted by Crippen LogP contribution is 2.39. The van der Waals surface area contributed by atoms with Gasteiger partial charge in [-0.3, -0.25) is 9.59 Å². The average molecular weight is 499 g/mol. The van der Waals surface area contributed by atoms with Crippen LogP contribution >= 0.6 is 0 Å². The molecule has 37 heavy (non-hydrogen) atoms. The van der Waals surface area contributed by atoms with Gasteiger partial charge in [-0.05, 0) is 25.5 Å². The zero-order valence-corrected chi connectivity index (χ0v) is 20.8. The minimum Gasteiger partial charge on any atom is -0.507 e. The predicted octanol–water partition coefficient (Wildman–Crippen LogP) is 5.04. The molecule has 10 heteroatoms. The van der Waals surface area contributed by atoms with Crippen molar-refractivity contribution in [3.8, 4) is 11.8 Å². The summed E-state index contributed by atoms with van der Waals surface area (Å²) < 4.78 is 5.12. The highest BCUT2D eigenvalue weighted by Gasteiger charge is 2.33. The Kier molecular flexibility index (Phi) is 7.55. The molecule has 3 aromatic rings. The minimum atomic E-state index is -0.461. The van der Waals surface area contributed by atoms with E-state index in [0.717, 1.165) is 6.42 Å². The molecule has 0 saturated carbocycles. The number of hydrogen-bond acceptors (Lipinski definition) is 10. The monoisotopic (exact) mass is 498 g/mol. The molecule has 0 saturated heterocycles. The van der Waals surface area contributed by atoms with Gasteiger partial charge in [0.15, 0.2) is 17.4 Å². The van der Waals surface area contributed by atoms with Crippen LogP contribution in [0.1, 0.15) is 56.3 Å². The molecule has 0 bridgehead atoms. The molecule has 1 heterocycles. The van der Waals surface area contributed by atoms with Crippen molar-refractivity contribution in [1.82, 2.24) is 4.98 Å². The Labute approximate surface area is 214 Å². The van der Waals surface area contributed by atoms with Gasteiger partial charge < -0.3 is 20.5 Å². The van der Waals surface area contributed by atoms with Gasteiger partial charge in [0.05, 0.1) is 29.0 Å². The second-order valence-corrected chi connectivity index (χ2v) is 8.37. The van der Waals surface area contributed by atoms with E-state index in [0.29, 0.717) is 48.1 Å². The molecule has 10 nitrogen and oxygen atoms in total. The molecule has 188 valence electrons. The molecular formula is C27H26N6O4. The number of phenolic OH excluding ortho intramolecular Hbond substituents is 1. The van der Waals surface area contributed by atoms with Crippen LogP contribution in [0.3, 0.4) is 0 Å². The van der Waals surface area contributed by atoms with E-state index in [1.54, 1.807) is 26.2 Å². The number of aromatic hydroxyl groups is 1. The average Bonchev–Trinajstić information content (AvgIpc) is 2.90. The van der Waals surface area contributed by atoms with Gasteiger partial charge in [-0.15, -0.1) is 10.2 Å². The van der Waals surface area contributed by atoms with Crippen molar-refractivity contribution in [1.29, 1.82) is 5.26 Å². The first-order valence-electron chi connectivity index (χ1n) is 11.8. The molecule has 1 aromatic heterocycles. The minimum absolute atomic E-state index is 0.0207. The summed E-state index contributed by atoms with van der Waals surface area (Å²) in [5.41, 5.74) is 1.76. The molecule has 4 rings (SSSR count). The molecule has 0 atom stereocenters. The van der Waals surface area contributed by atoms with Crippen molar-refractivity contribution in [2.75, 3.05) is 37.4 Å². The van der Waals surface area contributed by atoms with Gasteiger partial charge in [0.2, 0.25) is 0 Å². The lowest BCUT2D eigenvalue weighted by atomic mass is 9.83. The van der Waals surface area contributed by atoms with Crippen LogP contribution in [0, 0.1) is 18.3 Å². The van der Waals surface area contributed by atoms with Crippen LogP contribution in [0.5, 0.6) is 5.75 Å². The number of anilines is 2. The lowest BCUT2D eigenvalue weighted by molar-refractivity contribution is 0.0977. The van der Waals surface area contributed by atoms with Gasteiger partial charge in [-0.2, -0.15) is 5.26 Å². The van der Waals surface area contributed by atoms with Crippen LogP contribution < -0.4 is 10.6 Å². The molecule has 0 unspecified atom stereocenters. The molecule has 3 N–H and O–H groups in total. The number of nitrogens with one attached hydrogen (secondary N) is 2. The molecule has 0 spiro atoms. The van der Waals surface area contributed by atoms with Gasteiger partial charge in [0, 0.05) is 36.9 Å². The van der Waals surface area contributed by atoms with Crippen LogP contribution in [0.15, 0.2) is 46.6 Å². The zero-order valence-electron chi connectivity index (χ0n) is 20.8. The van der Waals surface area contributed by atoms with Crippen LogP contribution in [-0.2, 0) is 4.74 Å². The number of ketones is 2.